The van der Waals surface area contributed by atoms with Gasteiger partial charge in [0.1, 0.15) is 5.75 Å². The number of fused-ring (bicyclic) bond motifs is 1. The van der Waals surface area contributed by atoms with Gasteiger partial charge in [-0.15, -0.1) is 0 Å². The Morgan fingerprint density at radius 3 is 2.63 bits per heavy atom. The first-order valence-corrected chi connectivity index (χ1v) is 9.83. The molecule has 2 aliphatic rings. The normalized spacial score (nSPS) is 17.8. The van der Waals surface area contributed by atoms with E-state index in [1.54, 1.807) is 0 Å². The van der Waals surface area contributed by atoms with Crippen LogP contribution < -0.4 is 9.64 Å². The molecule has 1 fully saturated rings. The van der Waals surface area contributed by atoms with Crippen LogP contribution in [0.5, 0.6) is 5.75 Å². The lowest BCUT2D eigenvalue weighted by molar-refractivity contribution is 0.122. The summed E-state index contributed by atoms with van der Waals surface area (Å²) < 4.78 is 11.1. The van der Waals surface area contributed by atoms with Gasteiger partial charge in [-0.1, -0.05) is 12.1 Å². The Morgan fingerprint density at radius 2 is 1.89 bits per heavy atom. The highest BCUT2D eigenvalue weighted by molar-refractivity contribution is 5.35. The monoisotopic (exact) mass is 368 g/mol. The summed E-state index contributed by atoms with van der Waals surface area (Å²) in [6, 6.07) is 8.44. The van der Waals surface area contributed by atoms with Crippen molar-refractivity contribution in [1.29, 1.82) is 0 Å². The van der Waals surface area contributed by atoms with Crippen LogP contribution in [-0.4, -0.2) is 53.8 Å². The van der Waals surface area contributed by atoms with Gasteiger partial charge in [-0.05, 0) is 31.5 Å². The number of nitrogens with zero attached hydrogens (tertiary/aromatic N) is 4. The molecule has 27 heavy (non-hydrogen) atoms. The number of rotatable bonds is 5. The van der Waals surface area contributed by atoms with Crippen molar-refractivity contribution in [3.63, 3.8) is 0 Å². The predicted octanol–water partition coefficient (Wildman–Crippen LogP) is 2.66. The van der Waals surface area contributed by atoms with E-state index in [1.165, 1.54) is 16.8 Å². The molecular weight excluding hydrogens is 340 g/mol. The first kappa shape index (κ1) is 18.2. The lowest BCUT2D eigenvalue weighted by Gasteiger charge is -2.30. The van der Waals surface area contributed by atoms with Crippen molar-refractivity contribution in [3.8, 4) is 5.75 Å². The van der Waals surface area contributed by atoms with Crippen LogP contribution in [0, 0.1) is 0 Å². The number of morpholine rings is 1. The Kier molecular flexibility index (Phi) is 5.55. The molecule has 1 saturated heterocycles. The molecule has 0 spiro atoms. The predicted molar refractivity (Wildman–Crippen MR) is 105 cm³/mol. The maximum atomic E-state index is 5.72. The second-order valence-electron chi connectivity index (χ2n) is 7.51. The van der Waals surface area contributed by atoms with Gasteiger partial charge in [0.15, 0.2) is 0 Å². The van der Waals surface area contributed by atoms with Gasteiger partial charge in [-0.2, -0.15) is 0 Å². The zero-order chi connectivity index (χ0) is 18.6. The topological polar surface area (TPSA) is 50.7 Å². The number of benzene rings is 1. The molecule has 0 radical (unpaired) electrons. The van der Waals surface area contributed by atoms with Crippen molar-refractivity contribution in [1.82, 2.24) is 14.9 Å². The van der Waals surface area contributed by atoms with Gasteiger partial charge in [0.25, 0.3) is 0 Å². The van der Waals surface area contributed by atoms with Crippen LogP contribution >= 0.6 is 0 Å². The van der Waals surface area contributed by atoms with Gasteiger partial charge in [0.05, 0.1) is 25.0 Å². The van der Waals surface area contributed by atoms with E-state index >= 15 is 0 Å². The van der Waals surface area contributed by atoms with Crippen molar-refractivity contribution < 1.29 is 9.47 Å². The number of aromatic nitrogens is 2. The van der Waals surface area contributed by atoms with Gasteiger partial charge < -0.3 is 14.4 Å². The summed E-state index contributed by atoms with van der Waals surface area (Å²) in [4.78, 5) is 14.1. The van der Waals surface area contributed by atoms with Crippen LogP contribution in [0.3, 0.4) is 0 Å². The second kappa shape index (κ2) is 8.23. The third-order valence-electron chi connectivity index (χ3n) is 5.00. The van der Waals surface area contributed by atoms with E-state index in [2.05, 4.69) is 39.0 Å². The third kappa shape index (κ3) is 4.57. The standard InChI is InChI=1S/C21H28N4O2/c1-16(2)27-19-5-3-17(4-6-19)14-24-8-7-20-18(15-24)13-22-21(23-20)25-9-11-26-12-10-25/h3-6,13,16H,7-12,14-15H2,1-2H3. The first-order chi connectivity index (χ1) is 13.2. The third-order valence-corrected chi connectivity index (χ3v) is 5.00. The Balaban J connectivity index is 1.38. The maximum absolute atomic E-state index is 5.72. The molecule has 6 heteroatoms. The van der Waals surface area contributed by atoms with Crippen molar-refractivity contribution in [3.05, 3.63) is 47.3 Å². The molecule has 0 N–H and O–H groups in total. The minimum atomic E-state index is 0.205. The van der Waals surface area contributed by atoms with Crippen molar-refractivity contribution >= 4 is 5.95 Å². The lowest BCUT2D eigenvalue weighted by Crippen LogP contribution is -2.38. The van der Waals surface area contributed by atoms with Gasteiger partial charge in [0, 0.05) is 50.9 Å². The minimum Gasteiger partial charge on any atom is -0.491 e. The summed E-state index contributed by atoms with van der Waals surface area (Å²) in [5, 5.41) is 0. The van der Waals surface area contributed by atoms with Crippen LogP contribution in [0.1, 0.15) is 30.7 Å². The zero-order valence-corrected chi connectivity index (χ0v) is 16.2. The fourth-order valence-electron chi connectivity index (χ4n) is 3.62. The molecule has 0 atom stereocenters. The largest absolute Gasteiger partial charge is 0.491 e. The smallest absolute Gasteiger partial charge is 0.225 e. The van der Waals surface area contributed by atoms with Crippen molar-refractivity contribution in [2.75, 3.05) is 37.7 Å². The molecule has 1 aromatic carbocycles. The lowest BCUT2D eigenvalue weighted by atomic mass is 10.1. The van der Waals surface area contributed by atoms with Crippen LogP contribution in [0.25, 0.3) is 0 Å². The molecule has 1 aromatic heterocycles. The van der Waals surface area contributed by atoms with E-state index in [0.29, 0.717) is 0 Å². The summed E-state index contributed by atoms with van der Waals surface area (Å²) in [5.41, 5.74) is 3.75. The van der Waals surface area contributed by atoms with Gasteiger partial charge >= 0.3 is 0 Å². The quantitative estimate of drug-likeness (QED) is 0.809. The van der Waals surface area contributed by atoms with Crippen molar-refractivity contribution in [2.24, 2.45) is 0 Å². The molecule has 0 saturated carbocycles. The summed E-state index contributed by atoms with van der Waals surface area (Å²) >= 11 is 0. The highest BCUT2D eigenvalue weighted by Gasteiger charge is 2.21. The van der Waals surface area contributed by atoms with E-state index in [-0.39, 0.29) is 6.10 Å². The van der Waals surface area contributed by atoms with Gasteiger partial charge in [-0.3, -0.25) is 4.90 Å². The molecular formula is C21H28N4O2. The van der Waals surface area contributed by atoms with Crippen LogP contribution in [-0.2, 0) is 24.2 Å². The number of hydrogen-bond acceptors (Lipinski definition) is 6. The van der Waals surface area contributed by atoms with E-state index in [9.17, 15) is 0 Å². The summed E-state index contributed by atoms with van der Waals surface area (Å²) in [6.45, 7) is 10.2. The Labute approximate surface area is 161 Å². The molecule has 3 heterocycles. The highest BCUT2D eigenvalue weighted by Crippen LogP contribution is 2.22. The fraction of sp³-hybridized carbons (Fsp3) is 0.524. The first-order valence-electron chi connectivity index (χ1n) is 9.83. The van der Waals surface area contributed by atoms with Crippen LogP contribution in [0.2, 0.25) is 0 Å². The molecule has 2 aliphatic heterocycles. The molecule has 4 rings (SSSR count). The van der Waals surface area contributed by atoms with Crippen LogP contribution in [0.4, 0.5) is 5.95 Å². The molecule has 6 nitrogen and oxygen atoms in total. The highest BCUT2D eigenvalue weighted by atomic mass is 16.5. The van der Waals surface area contributed by atoms with E-state index in [0.717, 1.165) is 64.1 Å². The van der Waals surface area contributed by atoms with Gasteiger partial charge in [-0.25, -0.2) is 9.97 Å². The molecule has 2 aromatic rings. The van der Waals surface area contributed by atoms with Crippen molar-refractivity contribution in [2.45, 2.75) is 39.5 Å². The number of anilines is 1. The fourth-order valence-corrected chi connectivity index (χ4v) is 3.62. The SMILES string of the molecule is CC(C)Oc1ccc(CN2CCc3nc(N4CCOCC4)ncc3C2)cc1. The summed E-state index contributed by atoms with van der Waals surface area (Å²) in [7, 11) is 0. The molecule has 0 aliphatic carbocycles. The Bertz CT molecular complexity index is 757. The number of ether oxygens (including phenoxy) is 2. The minimum absolute atomic E-state index is 0.205. The van der Waals surface area contributed by atoms with E-state index in [4.69, 9.17) is 14.5 Å². The number of hydrogen-bond donors (Lipinski definition) is 0. The average Bonchev–Trinajstić information content (AvgIpc) is 2.69. The summed E-state index contributed by atoms with van der Waals surface area (Å²) in [6.07, 6.45) is 3.19. The molecule has 0 amide bonds. The second-order valence-corrected chi connectivity index (χ2v) is 7.51. The molecule has 0 bridgehead atoms. The van der Waals surface area contributed by atoms with E-state index < -0.39 is 0 Å². The molecule has 144 valence electrons. The Hall–Kier alpha value is -2.18. The molecule has 0 unspecified atom stereocenters. The van der Waals surface area contributed by atoms with Gasteiger partial charge in [0.2, 0.25) is 5.95 Å². The van der Waals surface area contributed by atoms with Crippen LogP contribution in [0.15, 0.2) is 30.5 Å². The average molecular weight is 368 g/mol. The Morgan fingerprint density at radius 1 is 1.11 bits per heavy atom. The maximum Gasteiger partial charge on any atom is 0.225 e. The zero-order valence-electron chi connectivity index (χ0n) is 16.2. The summed E-state index contributed by atoms with van der Waals surface area (Å²) in [5.74, 6) is 1.79. The van der Waals surface area contributed by atoms with E-state index in [1.807, 2.05) is 20.0 Å².